The Hall–Kier alpha value is -1.00. The maximum Gasteiger partial charge on any atom is 0.270 e. The van der Waals surface area contributed by atoms with E-state index in [1.807, 2.05) is 13.8 Å². The van der Waals surface area contributed by atoms with E-state index in [0.29, 0.717) is 11.3 Å². The molecule has 1 nitrogen and oxygen atoms in total. The van der Waals surface area contributed by atoms with Crippen molar-refractivity contribution in [1.82, 2.24) is 5.32 Å². The monoisotopic (exact) mass is 337 g/mol. The molecule has 0 saturated heterocycles. The molecule has 5 heteroatoms. The predicted molar refractivity (Wildman–Crippen MR) is 88.9 cm³/mol. The molecule has 0 fully saturated rings. The van der Waals surface area contributed by atoms with Crippen LogP contribution < -0.4 is 5.32 Å². The van der Waals surface area contributed by atoms with Gasteiger partial charge in [0, 0.05) is 30.2 Å². The summed E-state index contributed by atoms with van der Waals surface area (Å²) in [5.74, 6) is -7.37. The van der Waals surface area contributed by atoms with E-state index < -0.39 is 23.7 Å². The van der Waals surface area contributed by atoms with Gasteiger partial charge in [-0.3, -0.25) is 0 Å². The minimum absolute atomic E-state index is 0.0784. The Morgan fingerprint density at radius 2 is 1.43 bits per heavy atom. The molecule has 0 rings (SSSR count). The van der Waals surface area contributed by atoms with Crippen molar-refractivity contribution in [2.45, 2.75) is 66.7 Å². The van der Waals surface area contributed by atoms with Gasteiger partial charge in [-0.15, -0.1) is 0 Å². The minimum atomic E-state index is -2.90. The van der Waals surface area contributed by atoms with Crippen molar-refractivity contribution >= 4 is 0 Å². The molecule has 0 heterocycles. The summed E-state index contributed by atoms with van der Waals surface area (Å²) in [6.45, 7) is 11.6. The van der Waals surface area contributed by atoms with Crippen LogP contribution in [0.5, 0.6) is 0 Å². The summed E-state index contributed by atoms with van der Waals surface area (Å²) in [6.07, 6.45) is 2.09. The standard InChI is InChI=1S/C18H31F4N/c1-12(2)14(5)10-18(21,22)15(6)8-9-23-16(7)11-17(19,20)13(3)4/h10-13,15,23H,8-9H2,1-7H3/b14-10+,16-11-. The van der Waals surface area contributed by atoms with Gasteiger partial charge in [0.15, 0.2) is 0 Å². The Morgan fingerprint density at radius 1 is 0.913 bits per heavy atom. The molecule has 136 valence electrons. The third kappa shape index (κ3) is 7.89. The second-order valence-electron chi connectivity index (χ2n) is 6.99. The molecule has 1 unspecified atom stereocenters. The van der Waals surface area contributed by atoms with E-state index >= 15 is 0 Å². The lowest BCUT2D eigenvalue weighted by molar-refractivity contribution is -0.00586. The Bertz CT molecular complexity index is 423. The average Bonchev–Trinajstić information content (AvgIpc) is 2.36. The Kier molecular flexibility index (Phi) is 8.36. The van der Waals surface area contributed by atoms with Crippen molar-refractivity contribution in [1.29, 1.82) is 0 Å². The summed E-state index contributed by atoms with van der Waals surface area (Å²) >= 11 is 0. The first-order valence-corrected chi connectivity index (χ1v) is 8.18. The SMILES string of the molecule is C/C(=C/C(F)(F)C(C)C)NCCC(C)C(F)(F)/C=C(\C)C(C)C. The molecule has 23 heavy (non-hydrogen) atoms. The lowest BCUT2D eigenvalue weighted by Crippen LogP contribution is -2.28. The van der Waals surface area contributed by atoms with Gasteiger partial charge in [-0.05, 0) is 32.3 Å². The molecule has 0 radical (unpaired) electrons. The van der Waals surface area contributed by atoms with Gasteiger partial charge in [-0.1, -0.05) is 40.2 Å². The first-order chi connectivity index (χ1) is 10.3. The van der Waals surface area contributed by atoms with Crippen molar-refractivity contribution in [2.24, 2.45) is 17.8 Å². The highest BCUT2D eigenvalue weighted by atomic mass is 19.3. The van der Waals surface area contributed by atoms with Crippen LogP contribution in [0.15, 0.2) is 23.4 Å². The van der Waals surface area contributed by atoms with Crippen molar-refractivity contribution in [2.75, 3.05) is 6.54 Å². The summed E-state index contributed by atoms with van der Waals surface area (Å²) in [6, 6.07) is 0. The van der Waals surface area contributed by atoms with Crippen LogP contribution in [0.4, 0.5) is 17.6 Å². The largest absolute Gasteiger partial charge is 0.389 e. The molecule has 0 aromatic heterocycles. The number of alkyl halides is 4. The van der Waals surface area contributed by atoms with Crippen LogP contribution >= 0.6 is 0 Å². The van der Waals surface area contributed by atoms with Crippen molar-refractivity contribution in [3.63, 3.8) is 0 Å². The van der Waals surface area contributed by atoms with Crippen molar-refractivity contribution < 1.29 is 17.6 Å². The molecule has 0 saturated carbocycles. The summed E-state index contributed by atoms with van der Waals surface area (Å²) in [4.78, 5) is 0. The highest BCUT2D eigenvalue weighted by Crippen LogP contribution is 2.31. The molecule has 1 atom stereocenters. The second kappa shape index (κ2) is 8.74. The average molecular weight is 337 g/mol. The zero-order valence-electron chi connectivity index (χ0n) is 15.3. The lowest BCUT2D eigenvalue weighted by atomic mass is 9.94. The molecule has 0 spiro atoms. The van der Waals surface area contributed by atoms with E-state index in [-0.39, 0.29) is 18.9 Å². The van der Waals surface area contributed by atoms with Gasteiger partial charge in [0.1, 0.15) is 0 Å². The topological polar surface area (TPSA) is 12.0 Å². The molecular formula is C18H31F4N. The first kappa shape index (κ1) is 22.0. The first-order valence-electron chi connectivity index (χ1n) is 8.18. The molecule has 0 aromatic carbocycles. The molecule has 0 bridgehead atoms. The molecule has 0 amide bonds. The van der Waals surface area contributed by atoms with E-state index in [4.69, 9.17) is 0 Å². The normalized spacial score (nSPS) is 16.2. The molecule has 0 aliphatic rings. The summed E-state index contributed by atoms with van der Waals surface area (Å²) < 4.78 is 55.3. The fourth-order valence-electron chi connectivity index (χ4n) is 1.80. The van der Waals surface area contributed by atoms with Gasteiger partial charge >= 0.3 is 0 Å². The van der Waals surface area contributed by atoms with Crippen LogP contribution in [0.2, 0.25) is 0 Å². The van der Waals surface area contributed by atoms with Gasteiger partial charge in [0.05, 0.1) is 0 Å². The third-order valence-electron chi connectivity index (χ3n) is 4.15. The van der Waals surface area contributed by atoms with Crippen molar-refractivity contribution in [3.05, 3.63) is 23.4 Å². The summed E-state index contributed by atoms with van der Waals surface area (Å²) in [5.41, 5.74) is 0.968. The number of allylic oxidation sites excluding steroid dienone is 4. The quantitative estimate of drug-likeness (QED) is 0.400. The fourth-order valence-corrected chi connectivity index (χ4v) is 1.80. The van der Waals surface area contributed by atoms with Crippen LogP contribution in [0.25, 0.3) is 0 Å². The molecule has 0 aliphatic heterocycles. The second-order valence-corrected chi connectivity index (χ2v) is 6.99. The van der Waals surface area contributed by atoms with Gasteiger partial charge in [0.25, 0.3) is 11.8 Å². The molecule has 0 aliphatic carbocycles. The highest BCUT2D eigenvalue weighted by molar-refractivity contribution is 5.09. The van der Waals surface area contributed by atoms with Crippen LogP contribution in [0, 0.1) is 17.8 Å². The number of hydrogen-bond donors (Lipinski definition) is 1. The van der Waals surface area contributed by atoms with Gasteiger partial charge in [-0.2, -0.15) is 0 Å². The van der Waals surface area contributed by atoms with Crippen molar-refractivity contribution in [3.8, 4) is 0 Å². The summed E-state index contributed by atoms with van der Waals surface area (Å²) in [5, 5.41) is 2.80. The van der Waals surface area contributed by atoms with Gasteiger partial charge in [-0.25, -0.2) is 17.6 Å². The number of halogens is 4. The summed E-state index contributed by atoms with van der Waals surface area (Å²) in [7, 11) is 0. The van der Waals surface area contributed by atoms with Gasteiger partial charge < -0.3 is 5.32 Å². The van der Waals surface area contributed by atoms with E-state index in [1.165, 1.54) is 27.7 Å². The molecular weight excluding hydrogens is 306 g/mol. The molecule has 0 aromatic rings. The third-order valence-corrected chi connectivity index (χ3v) is 4.15. The number of hydrogen-bond acceptors (Lipinski definition) is 1. The Balaban J connectivity index is 4.59. The van der Waals surface area contributed by atoms with Crippen LogP contribution in [-0.2, 0) is 0 Å². The number of nitrogens with one attached hydrogen (secondary N) is 1. The van der Waals surface area contributed by atoms with E-state index in [0.717, 1.165) is 12.2 Å². The minimum Gasteiger partial charge on any atom is -0.389 e. The zero-order valence-corrected chi connectivity index (χ0v) is 15.3. The molecule has 1 N–H and O–H groups in total. The van der Waals surface area contributed by atoms with Crippen LogP contribution in [0.1, 0.15) is 54.9 Å². The van der Waals surface area contributed by atoms with Crippen LogP contribution in [0.3, 0.4) is 0 Å². The fraction of sp³-hybridized carbons (Fsp3) is 0.778. The van der Waals surface area contributed by atoms with Crippen LogP contribution in [-0.4, -0.2) is 18.4 Å². The Morgan fingerprint density at radius 3 is 1.87 bits per heavy atom. The lowest BCUT2D eigenvalue weighted by Gasteiger charge is -2.23. The highest BCUT2D eigenvalue weighted by Gasteiger charge is 2.34. The van der Waals surface area contributed by atoms with Gasteiger partial charge in [0.2, 0.25) is 0 Å². The Labute approximate surface area is 138 Å². The van der Waals surface area contributed by atoms with E-state index in [1.54, 1.807) is 6.92 Å². The van der Waals surface area contributed by atoms with E-state index in [9.17, 15) is 17.6 Å². The maximum atomic E-state index is 14.1. The maximum absolute atomic E-state index is 14.1. The zero-order chi connectivity index (χ0) is 18.4. The smallest absolute Gasteiger partial charge is 0.270 e. The predicted octanol–water partition coefficient (Wildman–Crippen LogP) is 6.03. The number of rotatable bonds is 9. The van der Waals surface area contributed by atoms with E-state index in [2.05, 4.69) is 5.32 Å².